The van der Waals surface area contributed by atoms with Crippen LogP contribution >= 0.6 is 11.3 Å². The van der Waals surface area contributed by atoms with Gasteiger partial charge in [0.2, 0.25) is 0 Å². The van der Waals surface area contributed by atoms with Crippen molar-refractivity contribution in [3.8, 4) is 0 Å². The molecule has 21 heavy (non-hydrogen) atoms. The van der Waals surface area contributed by atoms with Gasteiger partial charge in [-0.25, -0.2) is 0 Å². The maximum absolute atomic E-state index is 12.5. The minimum atomic E-state index is -0.0105. The van der Waals surface area contributed by atoms with Crippen molar-refractivity contribution in [2.75, 3.05) is 5.73 Å². The van der Waals surface area contributed by atoms with Crippen molar-refractivity contribution in [1.82, 2.24) is 0 Å². The Balaban J connectivity index is 1.86. The van der Waals surface area contributed by atoms with E-state index in [0.29, 0.717) is 16.1 Å². The van der Waals surface area contributed by atoms with Crippen LogP contribution in [0.15, 0.2) is 66.7 Å². The number of carbonyl (C=O) groups is 1. The van der Waals surface area contributed by atoms with Crippen molar-refractivity contribution in [3.63, 3.8) is 0 Å². The number of nitrogens with two attached hydrogens (primary N) is 1. The Morgan fingerprint density at radius 2 is 1.57 bits per heavy atom. The van der Waals surface area contributed by atoms with Gasteiger partial charge in [0.05, 0.1) is 10.6 Å². The predicted octanol–water partition coefficient (Wildman–Crippen LogP) is 4.15. The molecule has 1 aromatic heterocycles. The first-order valence-electron chi connectivity index (χ1n) is 6.76. The topological polar surface area (TPSA) is 43.1 Å². The molecule has 2 N–H and O–H groups in total. The standard InChI is InChI=1S/C18H15NOS/c19-18-16(17(20)14-9-5-2-6-10-14)12-15(21-18)11-13-7-3-1-4-8-13/h1-10,12H,11,19H2. The number of hydrogen-bond donors (Lipinski definition) is 1. The van der Waals surface area contributed by atoms with E-state index in [1.807, 2.05) is 54.6 Å². The van der Waals surface area contributed by atoms with Crippen LogP contribution in [-0.4, -0.2) is 5.78 Å². The lowest BCUT2D eigenvalue weighted by Crippen LogP contribution is -2.02. The molecule has 3 heteroatoms. The molecule has 0 aliphatic heterocycles. The summed E-state index contributed by atoms with van der Waals surface area (Å²) in [6.07, 6.45) is 0.803. The fourth-order valence-electron chi connectivity index (χ4n) is 2.26. The van der Waals surface area contributed by atoms with E-state index in [9.17, 15) is 4.79 Å². The first kappa shape index (κ1) is 13.6. The number of nitrogen functional groups attached to an aromatic ring is 1. The minimum absolute atomic E-state index is 0.0105. The van der Waals surface area contributed by atoms with Crippen LogP contribution in [0.1, 0.15) is 26.4 Å². The summed E-state index contributed by atoms with van der Waals surface area (Å²) in [5.74, 6) is -0.0105. The molecule has 2 aromatic carbocycles. The first-order chi connectivity index (χ1) is 10.2. The highest BCUT2D eigenvalue weighted by molar-refractivity contribution is 7.16. The fourth-order valence-corrected chi connectivity index (χ4v) is 3.22. The zero-order chi connectivity index (χ0) is 14.7. The molecule has 0 radical (unpaired) electrons. The Kier molecular flexibility index (Phi) is 3.84. The quantitative estimate of drug-likeness (QED) is 0.734. The normalized spacial score (nSPS) is 10.5. The number of benzene rings is 2. The Morgan fingerprint density at radius 1 is 0.952 bits per heavy atom. The van der Waals surface area contributed by atoms with Crippen molar-refractivity contribution in [3.05, 3.63) is 88.3 Å². The van der Waals surface area contributed by atoms with E-state index in [2.05, 4.69) is 12.1 Å². The van der Waals surface area contributed by atoms with Gasteiger partial charge in [-0.05, 0) is 11.6 Å². The van der Waals surface area contributed by atoms with Crippen LogP contribution in [0.4, 0.5) is 5.00 Å². The van der Waals surface area contributed by atoms with E-state index in [-0.39, 0.29) is 5.78 Å². The summed E-state index contributed by atoms with van der Waals surface area (Å²) in [4.78, 5) is 13.6. The molecule has 3 aromatic rings. The van der Waals surface area contributed by atoms with Gasteiger partial charge in [-0.3, -0.25) is 4.79 Å². The molecule has 0 spiro atoms. The van der Waals surface area contributed by atoms with E-state index < -0.39 is 0 Å². The highest BCUT2D eigenvalue weighted by Crippen LogP contribution is 2.28. The molecule has 104 valence electrons. The van der Waals surface area contributed by atoms with E-state index in [1.54, 1.807) is 0 Å². The Labute approximate surface area is 127 Å². The van der Waals surface area contributed by atoms with Crippen LogP contribution < -0.4 is 5.73 Å². The molecule has 0 fully saturated rings. The number of thiophene rings is 1. The number of hydrogen-bond acceptors (Lipinski definition) is 3. The molecule has 0 aliphatic carbocycles. The summed E-state index contributed by atoms with van der Waals surface area (Å²) in [7, 11) is 0. The number of anilines is 1. The second-order valence-corrected chi connectivity index (χ2v) is 6.02. The third-order valence-corrected chi connectivity index (χ3v) is 4.28. The zero-order valence-electron chi connectivity index (χ0n) is 11.5. The smallest absolute Gasteiger partial charge is 0.195 e. The number of rotatable bonds is 4. The van der Waals surface area contributed by atoms with Crippen LogP contribution in [-0.2, 0) is 6.42 Å². The summed E-state index contributed by atoms with van der Waals surface area (Å²) in [6.45, 7) is 0. The van der Waals surface area contributed by atoms with E-state index in [4.69, 9.17) is 5.73 Å². The van der Waals surface area contributed by atoms with E-state index in [0.717, 1.165) is 11.3 Å². The molecule has 0 atom stereocenters. The van der Waals surface area contributed by atoms with Gasteiger partial charge in [-0.1, -0.05) is 60.7 Å². The Hall–Kier alpha value is -2.39. The summed E-state index contributed by atoms with van der Waals surface area (Å²) in [6, 6.07) is 21.4. The predicted molar refractivity (Wildman–Crippen MR) is 87.9 cm³/mol. The summed E-state index contributed by atoms with van der Waals surface area (Å²) < 4.78 is 0. The molecule has 0 saturated carbocycles. The molecule has 3 rings (SSSR count). The average molecular weight is 293 g/mol. The van der Waals surface area contributed by atoms with Gasteiger partial charge in [0.25, 0.3) is 0 Å². The SMILES string of the molecule is Nc1sc(Cc2ccccc2)cc1C(=O)c1ccccc1. The Bertz CT molecular complexity index is 747. The van der Waals surface area contributed by atoms with Gasteiger partial charge in [0.1, 0.15) is 0 Å². The molecule has 0 unspecified atom stereocenters. The van der Waals surface area contributed by atoms with Crippen LogP contribution in [0.25, 0.3) is 0 Å². The van der Waals surface area contributed by atoms with Crippen molar-refractivity contribution in [1.29, 1.82) is 0 Å². The summed E-state index contributed by atoms with van der Waals surface area (Å²) >= 11 is 1.49. The molecule has 0 saturated heterocycles. The van der Waals surface area contributed by atoms with Crippen molar-refractivity contribution in [2.45, 2.75) is 6.42 Å². The number of ketones is 1. The molecule has 1 heterocycles. The monoisotopic (exact) mass is 293 g/mol. The van der Waals surface area contributed by atoms with Gasteiger partial charge < -0.3 is 5.73 Å². The lowest BCUT2D eigenvalue weighted by molar-refractivity contribution is 0.104. The molecule has 0 aliphatic rings. The van der Waals surface area contributed by atoms with Gasteiger partial charge in [-0.15, -0.1) is 11.3 Å². The van der Waals surface area contributed by atoms with Crippen LogP contribution in [0.2, 0.25) is 0 Å². The molecule has 2 nitrogen and oxygen atoms in total. The molecule has 0 bridgehead atoms. The second-order valence-electron chi connectivity index (χ2n) is 4.85. The summed E-state index contributed by atoms with van der Waals surface area (Å²) in [5.41, 5.74) is 8.53. The van der Waals surface area contributed by atoms with Crippen LogP contribution in [0.3, 0.4) is 0 Å². The Morgan fingerprint density at radius 3 is 2.24 bits per heavy atom. The molecular weight excluding hydrogens is 278 g/mol. The maximum atomic E-state index is 12.5. The highest BCUT2D eigenvalue weighted by Gasteiger charge is 2.15. The third-order valence-electron chi connectivity index (χ3n) is 3.31. The highest BCUT2D eigenvalue weighted by atomic mass is 32.1. The van der Waals surface area contributed by atoms with E-state index >= 15 is 0 Å². The fraction of sp³-hybridized carbons (Fsp3) is 0.0556. The third kappa shape index (κ3) is 3.03. The van der Waals surface area contributed by atoms with Crippen LogP contribution in [0.5, 0.6) is 0 Å². The lowest BCUT2D eigenvalue weighted by atomic mass is 10.0. The minimum Gasteiger partial charge on any atom is -0.390 e. The second kappa shape index (κ2) is 5.94. The van der Waals surface area contributed by atoms with Gasteiger partial charge >= 0.3 is 0 Å². The van der Waals surface area contributed by atoms with E-state index in [1.165, 1.54) is 16.9 Å². The van der Waals surface area contributed by atoms with Crippen molar-refractivity contribution < 1.29 is 4.79 Å². The van der Waals surface area contributed by atoms with Crippen LogP contribution in [0, 0.1) is 0 Å². The van der Waals surface area contributed by atoms with Gasteiger partial charge in [-0.2, -0.15) is 0 Å². The van der Waals surface area contributed by atoms with Gasteiger partial charge in [0, 0.05) is 16.9 Å². The van der Waals surface area contributed by atoms with Gasteiger partial charge in [0.15, 0.2) is 5.78 Å². The summed E-state index contributed by atoms with van der Waals surface area (Å²) in [5, 5.41) is 0.592. The average Bonchev–Trinajstić information content (AvgIpc) is 2.89. The molecular formula is C18H15NOS. The lowest BCUT2D eigenvalue weighted by Gasteiger charge is -1.99. The molecule has 0 amide bonds. The maximum Gasteiger partial charge on any atom is 0.195 e. The zero-order valence-corrected chi connectivity index (χ0v) is 12.3. The van der Waals surface area contributed by atoms with Crippen molar-refractivity contribution in [2.24, 2.45) is 0 Å². The first-order valence-corrected chi connectivity index (χ1v) is 7.57. The largest absolute Gasteiger partial charge is 0.390 e. The number of carbonyl (C=O) groups excluding carboxylic acids is 1. The van der Waals surface area contributed by atoms with Crippen molar-refractivity contribution >= 4 is 22.1 Å².